The molecule has 2 aromatic rings. The van der Waals surface area contributed by atoms with Crippen LogP contribution in [0.15, 0.2) is 48.8 Å². The Morgan fingerprint density at radius 2 is 1.95 bits per heavy atom. The molecule has 1 aromatic heterocycles. The van der Waals surface area contributed by atoms with E-state index in [1.807, 2.05) is 56.6 Å². The lowest BCUT2D eigenvalue weighted by Gasteiger charge is -2.17. The van der Waals surface area contributed by atoms with Crippen molar-refractivity contribution in [3.05, 3.63) is 65.5 Å². The minimum absolute atomic E-state index is 0.0592. The van der Waals surface area contributed by atoms with Crippen LogP contribution in [-0.2, 0) is 6.42 Å². The predicted molar refractivity (Wildman–Crippen MR) is 76.1 cm³/mol. The molecule has 2 rings (SSSR count). The third-order valence-corrected chi connectivity index (χ3v) is 3.10. The SMILES string of the molecule is Cc1ccc(C(=O)N(C)CCc2cccnc2)cc1. The van der Waals surface area contributed by atoms with Crippen molar-refractivity contribution in [3.8, 4) is 0 Å². The van der Waals surface area contributed by atoms with E-state index in [1.165, 1.54) is 0 Å². The lowest BCUT2D eigenvalue weighted by molar-refractivity contribution is 0.0796. The predicted octanol–water partition coefficient (Wildman–Crippen LogP) is 2.70. The molecule has 1 amide bonds. The average Bonchev–Trinajstić information content (AvgIpc) is 2.46. The Morgan fingerprint density at radius 3 is 2.58 bits per heavy atom. The quantitative estimate of drug-likeness (QED) is 0.840. The average molecular weight is 254 g/mol. The molecular formula is C16H18N2O. The maximum absolute atomic E-state index is 12.2. The Labute approximate surface area is 113 Å². The molecule has 0 saturated heterocycles. The summed E-state index contributed by atoms with van der Waals surface area (Å²) in [5.74, 6) is 0.0592. The van der Waals surface area contributed by atoms with Crippen LogP contribution in [0.1, 0.15) is 21.5 Å². The van der Waals surface area contributed by atoms with Gasteiger partial charge in [0.1, 0.15) is 0 Å². The molecule has 0 saturated carbocycles. The van der Waals surface area contributed by atoms with Crippen LogP contribution in [0.3, 0.4) is 0 Å². The van der Waals surface area contributed by atoms with Crippen LogP contribution in [0.25, 0.3) is 0 Å². The van der Waals surface area contributed by atoms with Gasteiger partial charge in [-0.15, -0.1) is 0 Å². The second-order valence-corrected chi connectivity index (χ2v) is 4.70. The molecule has 0 bridgehead atoms. The zero-order chi connectivity index (χ0) is 13.7. The maximum Gasteiger partial charge on any atom is 0.253 e. The van der Waals surface area contributed by atoms with Gasteiger partial charge in [0.05, 0.1) is 0 Å². The summed E-state index contributed by atoms with van der Waals surface area (Å²) in [7, 11) is 1.83. The van der Waals surface area contributed by atoms with E-state index in [0.29, 0.717) is 6.54 Å². The topological polar surface area (TPSA) is 33.2 Å². The highest BCUT2D eigenvalue weighted by Gasteiger charge is 2.10. The highest BCUT2D eigenvalue weighted by molar-refractivity contribution is 5.94. The highest BCUT2D eigenvalue weighted by atomic mass is 16.2. The van der Waals surface area contributed by atoms with Crippen molar-refractivity contribution in [2.24, 2.45) is 0 Å². The highest BCUT2D eigenvalue weighted by Crippen LogP contribution is 2.07. The molecule has 0 unspecified atom stereocenters. The summed E-state index contributed by atoms with van der Waals surface area (Å²) in [4.78, 5) is 18.0. The minimum atomic E-state index is 0.0592. The largest absolute Gasteiger partial charge is 0.341 e. The smallest absolute Gasteiger partial charge is 0.253 e. The first-order chi connectivity index (χ1) is 9.16. The van der Waals surface area contributed by atoms with E-state index >= 15 is 0 Å². The van der Waals surface area contributed by atoms with Crippen LogP contribution < -0.4 is 0 Å². The Morgan fingerprint density at radius 1 is 1.21 bits per heavy atom. The van der Waals surface area contributed by atoms with Gasteiger partial charge in [-0.25, -0.2) is 0 Å². The molecule has 0 aliphatic rings. The van der Waals surface area contributed by atoms with Crippen molar-refractivity contribution in [2.45, 2.75) is 13.3 Å². The molecule has 0 aliphatic heterocycles. The molecule has 19 heavy (non-hydrogen) atoms. The van der Waals surface area contributed by atoms with Crippen LogP contribution in [0.5, 0.6) is 0 Å². The lowest BCUT2D eigenvalue weighted by Crippen LogP contribution is -2.28. The fraction of sp³-hybridized carbons (Fsp3) is 0.250. The summed E-state index contributed by atoms with van der Waals surface area (Å²) in [6.45, 7) is 2.71. The van der Waals surface area contributed by atoms with Crippen molar-refractivity contribution in [2.75, 3.05) is 13.6 Å². The van der Waals surface area contributed by atoms with Crippen molar-refractivity contribution >= 4 is 5.91 Å². The van der Waals surface area contributed by atoms with Gasteiger partial charge in [-0.1, -0.05) is 23.8 Å². The van der Waals surface area contributed by atoms with Crippen LogP contribution in [0.4, 0.5) is 0 Å². The van der Waals surface area contributed by atoms with Gasteiger partial charge in [0, 0.05) is 31.5 Å². The molecular weight excluding hydrogens is 236 g/mol. The number of likely N-dealkylation sites (N-methyl/N-ethyl adjacent to an activating group) is 1. The molecule has 0 fully saturated rings. The number of aryl methyl sites for hydroxylation is 1. The van der Waals surface area contributed by atoms with Crippen LogP contribution in [0, 0.1) is 6.92 Å². The van der Waals surface area contributed by atoms with Crippen molar-refractivity contribution < 1.29 is 4.79 Å². The van der Waals surface area contributed by atoms with E-state index in [1.54, 1.807) is 11.1 Å². The zero-order valence-corrected chi connectivity index (χ0v) is 11.3. The van der Waals surface area contributed by atoms with E-state index in [-0.39, 0.29) is 5.91 Å². The van der Waals surface area contributed by atoms with Crippen LogP contribution in [-0.4, -0.2) is 29.4 Å². The Kier molecular flexibility index (Phi) is 4.29. The first kappa shape index (κ1) is 13.3. The summed E-state index contributed by atoms with van der Waals surface area (Å²) in [5, 5.41) is 0. The number of rotatable bonds is 4. The van der Waals surface area contributed by atoms with Crippen molar-refractivity contribution in [1.82, 2.24) is 9.88 Å². The number of hydrogen-bond acceptors (Lipinski definition) is 2. The Balaban J connectivity index is 1.94. The van der Waals surface area contributed by atoms with Crippen LogP contribution in [0.2, 0.25) is 0 Å². The van der Waals surface area contributed by atoms with E-state index in [2.05, 4.69) is 4.98 Å². The minimum Gasteiger partial charge on any atom is -0.341 e. The van der Waals surface area contributed by atoms with Gasteiger partial charge in [0.2, 0.25) is 0 Å². The molecule has 1 heterocycles. The number of benzene rings is 1. The number of pyridine rings is 1. The number of amides is 1. The van der Waals surface area contributed by atoms with Crippen molar-refractivity contribution in [3.63, 3.8) is 0 Å². The standard InChI is InChI=1S/C16H18N2O/c1-13-5-7-15(8-6-13)16(19)18(2)11-9-14-4-3-10-17-12-14/h3-8,10,12H,9,11H2,1-2H3. The first-order valence-corrected chi connectivity index (χ1v) is 6.38. The molecule has 0 spiro atoms. The fourth-order valence-corrected chi connectivity index (χ4v) is 1.86. The second kappa shape index (κ2) is 6.14. The zero-order valence-electron chi connectivity index (χ0n) is 11.3. The number of carbonyl (C=O) groups is 1. The number of carbonyl (C=O) groups excluding carboxylic acids is 1. The van der Waals surface area contributed by atoms with Gasteiger partial charge in [-0.3, -0.25) is 9.78 Å². The van der Waals surface area contributed by atoms with Gasteiger partial charge in [0.15, 0.2) is 0 Å². The number of nitrogens with zero attached hydrogens (tertiary/aromatic N) is 2. The normalized spacial score (nSPS) is 10.2. The number of aromatic nitrogens is 1. The molecule has 0 aliphatic carbocycles. The van der Waals surface area contributed by atoms with E-state index in [4.69, 9.17) is 0 Å². The monoisotopic (exact) mass is 254 g/mol. The third-order valence-electron chi connectivity index (χ3n) is 3.10. The van der Waals surface area contributed by atoms with E-state index in [0.717, 1.165) is 23.1 Å². The molecule has 1 aromatic carbocycles. The molecule has 0 radical (unpaired) electrons. The number of hydrogen-bond donors (Lipinski definition) is 0. The van der Waals surface area contributed by atoms with Gasteiger partial charge in [0.25, 0.3) is 5.91 Å². The van der Waals surface area contributed by atoms with Crippen LogP contribution >= 0.6 is 0 Å². The van der Waals surface area contributed by atoms with E-state index < -0.39 is 0 Å². The third kappa shape index (κ3) is 3.65. The summed E-state index contributed by atoms with van der Waals surface area (Å²) < 4.78 is 0. The molecule has 3 heteroatoms. The maximum atomic E-state index is 12.2. The molecule has 98 valence electrons. The second-order valence-electron chi connectivity index (χ2n) is 4.70. The van der Waals surface area contributed by atoms with Crippen molar-refractivity contribution in [1.29, 1.82) is 0 Å². The van der Waals surface area contributed by atoms with E-state index in [9.17, 15) is 4.79 Å². The Hall–Kier alpha value is -2.16. The van der Waals surface area contributed by atoms with Gasteiger partial charge in [-0.2, -0.15) is 0 Å². The summed E-state index contributed by atoms with van der Waals surface area (Å²) in [6, 6.07) is 11.6. The van der Waals surface area contributed by atoms with Gasteiger partial charge in [-0.05, 0) is 37.1 Å². The first-order valence-electron chi connectivity index (χ1n) is 6.38. The Bertz CT molecular complexity index is 534. The molecule has 0 N–H and O–H groups in total. The lowest BCUT2D eigenvalue weighted by atomic mass is 10.1. The summed E-state index contributed by atoms with van der Waals surface area (Å²) in [6.07, 6.45) is 4.41. The molecule has 3 nitrogen and oxygen atoms in total. The fourth-order valence-electron chi connectivity index (χ4n) is 1.86. The van der Waals surface area contributed by atoms with Gasteiger partial charge < -0.3 is 4.90 Å². The molecule has 0 atom stereocenters. The van der Waals surface area contributed by atoms with Gasteiger partial charge >= 0.3 is 0 Å². The summed E-state index contributed by atoms with van der Waals surface area (Å²) >= 11 is 0. The summed E-state index contributed by atoms with van der Waals surface area (Å²) in [5.41, 5.74) is 3.04.